The molecular formula is C28H34N4O. The van der Waals surface area contributed by atoms with Gasteiger partial charge in [0, 0.05) is 50.3 Å². The van der Waals surface area contributed by atoms with Crippen molar-refractivity contribution >= 4 is 22.4 Å². The smallest absolute Gasteiger partial charge is 0.140 e. The fourth-order valence-corrected chi connectivity index (χ4v) is 5.68. The van der Waals surface area contributed by atoms with Crippen LogP contribution in [0.15, 0.2) is 42.5 Å². The van der Waals surface area contributed by atoms with E-state index in [2.05, 4.69) is 59.2 Å². The Hall–Kier alpha value is -2.66. The number of fused-ring (bicyclic) bond motifs is 1. The summed E-state index contributed by atoms with van der Waals surface area (Å²) in [6, 6.07) is 15.7. The summed E-state index contributed by atoms with van der Waals surface area (Å²) >= 11 is 0. The van der Waals surface area contributed by atoms with Gasteiger partial charge in [-0.25, -0.2) is 9.97 Å². The van der Waals surface area contributed by atoms with Crippen LogP contribution < -0.4 is 9.80 Å². The summed E-state index contributed by atoms with van der Waals surface area (Å²) in [5.41, 5.74) is 5.30. The third-order valence-corrected chi connectivity index (χ3v) is 7.89. The maximum Gasteiger partial charge on any atom is 0.140 e. The molecule has 0 spiro atoms. The van der Waals surface area contributed by atoms with Crippen molar-refractivity contribution in [2.24, 2.45) is 0 Å². The minimum Gasteiger partial charge on any atom is -0.380 e. The van der Waals surface area contributed by atoms with Crippen LogP contribution in [0.4, 0.5) is 11.5 Å². The van der Waals surface area contributed by atoms with Gasteiger partial charge in [0.25, 0.3) is 0 Å². The lowest BCUT2D eigenvalue weighted by atomic mass is 9.87. The van der Waals surface area contributed by atoms with Gasteiger partial charge in [0.15, 0.2) is 0 Å². The second-order valence-corrected chi connectivity index (χ2v) is 10.1. The predicted octanol–water partition coefficient (Wildman–Crippen LogP) is 5.42. The number of piperidine rings is 1. The van der Waals surface area contributed by atoms with E-state index in [9.17, 15) is 0 Å². The highest BCUT2D eigenvalue weighted by atomic mass is 16.5. The van der Waals surface area contributed by atoms with Gasteiger partial charge in [0.2, 0.25) is 0 Å². The third kappa shape index (κ3) is 4.08. The largest absolute Gasteiger partial charge is 0.380 e. The van der Waals surface area contributed by atoms with Crippen molar-refractivity contribution in [2.45, 2.75) is 57.0 Å². The Balaban J connectivity index is 1.31. The molecule has 3 aromatic rings. The fourth-order valence-electron chi connectivity index (χ4n) is 5.68. The fraction of sp³-hybridized carbons (Fsp3) is 0.500. The highest BCUT2D eigenvalue weighted by molar-refractivity contribution is 5.92. The van der Waals surface area contributed by atoms with Crippen molar-refractivity contribution in [1.82, 2.24) is 9.97 Å². The SMILES string of the molecule is CO[C@H]1CCN(c2ccc3nc(C4CC4)nc(N4CCC(c5ccccc5C)CC4)c3c2)C1. The maximum absolute atomic E-state index is 5.60. The second kappa shape index (κ2) is 8.60. The van der Waals surface area contributed by atoms with Gasteiger partial charge >= 0.3 is 0 Å². The van der Waals surface area contributed by atoms with Gasteiger partial charge in [-0.3, -0.25) is 0 Å². The predicted molar refractivity (Wildman–Crippen MR) is 135 cm³/mol. The number of aryl methyl sites for hydroxylation is 1. The van der Waals surface area contributed by atoms with Crippen LogP contribution in [-0.4, -0.2) is 49.4 Å². The summed E-state index contributed by atoms with van der Waals surface area (Å²) in [5, 5.41) is 1.20. The minimum atomic E-state index is 0.328. The molecule has 1 aliphatic carbocycles. The van der Waals surface area contributed by atoms with Crippen molar-refractivity contribution in [3.63, 3.8) is 0 Å². The molecule has 0 radical (unpaired) electrons. The van der Waals surface area contributed by atoms with Gasteiger partial charge < -0.3 is 14.5 Å². The quantitative estimate of drug-likeness (QED) is 0.527. The Morgan fingerprint density at radius 2 is 1.64 bits per heavy atom. The molecule has 3 heterocycles. The van der Waals surface area contributed by atoms with Crippen molar-refractivity contribution in [3.05, 3.63) is 59.4 Å². The van der Waals surface area contributed by atoms with Crippen molar-refractivity contribution < 1.29 is 4.74 Å². The Kier molecular flexibility index (Phi) is 5.45. The normalized spacial score (nSPS) is 21.8. The number of anilines is 2. The highest BCUT2D eigenvalue weighted by Crippen LogP contribution is 2.41. The lowest BCUT2D eigenvalue weighted by Crippen LogP contribution is -2.34. The van der Waals surface area contributed by atoms with E-state index in [-0.39, 0.29) is 0 Å². The van der Waals surface area contributed by atoms with Crippen LogP contribution in [0.1, 0.15) is 60.9 Å². The number of nitrogens with zero attached hydrogens (tertiary/aromatic N) is 4. The lowest BCUT2D eigenvalue weighted by Gasteiger charge is -2.34. The molecule has 5 nitrogen and oxygen atoms in total. The summed E-state index contributed by atoms with van der Waals surface area (Å²) in [7, 11) is 1.82. The average molecular weight is 443 g/mol. The van der Waals surface area contributed by atoms with Crippen LogP contribution in [0.2, 0.25) is 0 Å². The summed E-state index contributed by atoms with van der Waals surface area (Å²) in [6.45, 7) is 6.35. The standard InChI is InChI=1S/C28H34N4O/c1-19-5-3-4-6-24(19)20-11-14-31(15-12-20)28-25-17-22(32-16-13-23(18-32)33-2)9-10-26(25)29-27(30-28)21-7-8-21/h3-6,9-10,17,20-21,23H,7-8,11-16,18H2,1-2H3/t23-/m0/s1. The van der Waals surface area contributed by atoms with Gasteiger partial charge in [-0.2, -0.15) is 0 Å². The van der Waals surface area contributed by atoms with Gasteiger partial charge in [0.05, 0.1) is 11.6 Å². The maximum atomic E-state index is 5.60. The molecule has 3 fully saturated rings. The summed E-state index contributed by atoms with van der Waals surface area (Å²) in [6.07, 6.45) is 6.22. The Bertz CT molecular complexity index is 1150. The minimum absolute atomic E-state index is 0.328. The molecule has 0 unspecified atom stereocenters. The topological polar surface area (TPSA) is 41.5 Å². The van der Waals surface area contributed by atoms with E-state index >= 15 is 0 Å². The number of ether oxygens (including phenoxy) is 1. The zero-order valence-electron chi connectivity index (χ0n) is 19.8. The molecule has 1 atom stereocenters. The summed E-state index contributed by atoms with van der Waals surface area (Å²) in [4.78, 5) is 15.1. The Morgan fingerprint density at radius 1 is 0.848 bits per heavy atom. The Labute approximate surface area is 196 Å². The molecule has 1 saturated carbocycles. The number of rotatable bonds is 5. The molecule has 1 aromatic heterocycles. The van der Waals surface area contributed by atoms with E-state index in [1.54, 1.807) is 0 Å². The van der Waals surface area contributed by atoms with Crippen LogP contribution in [0.5, 0.6) is 0 Å². The first-order valence-electron chi connectivity index (χ1n) is 12.6. The number of aromatic nitrogens is 2. The molecule has 2 saturated heterocycles. The first kappa shape index (κ1) is 20.9. The van der Waals surface area contributed by atoms with Gasteiger partial charge in [-0.15, -0.1) is 0 Å². The Morgan fingerprint density at radius 3 is 2.36 bits per heavy atom. The summed E-state index contributed by atoms with van der Waals surface area (Å²) < 4.78 is 5.60. The molecule has 3 aliphatic rings. The first-order chi connectivity index (χ1) is 16.2. The molecular weight excluding hydrogens is 408 g/mol. The molecule has 2 aromatic carbocycles. The third-order valence-electron chi connectivity index (χ3n) is 7.89. The zero-order chi connectivity index (χ0) is 22.4. The lowest BCUT2D eigenvalue weighted by molar-refractivity contribution is 0.121. The average Bonchev–Trinajstić information content (AvgIpc) is 3.60. The van der Waals surface area contributed by atoms with Crippen LogP contribution in [-0.2, 0) is 4.74 Å². The molecule has 2 aliphatic heterocycles. The number of methoxy groups -OCH3 is 1. The van der Waals surface area contributed by atoms with E-state index in [4.69, 9.17) is 14.7 Å². The number of benzene rings is 2. The molecule has 6 rings (SSSR count). The van der Waals surface area contributed by atoms with E-state index in [0.29, 0.717) is 17.9 Å². The van der Waals surface area contributed by atoms with Crippen LogP contribution in [0.25, 0.3) is 10.9 Å². The molecule has 5 heteroatoms. The van der Waals surface area contributed by atoms with E-state index in [1.807, 2.05) is 7.11 Å². The van der Waals surface area contributed by atoms with E-state index in [1.165, 1.54) is 47.9 Å². The highest BCUT2D eigenvalue weighted by Gasteiger charge is 2.30. The second-order valence-electron chi connectivity index (χ2n) is 10.1. The van der Waals surface area contributed by atoms with Gasteiger partial charge in [-0.1, -0.05) is 24.3 Å². The van der Waals surface area contributed by atoms with Crippen LogP contribution >= 0.6 is 0 Å². The molecule has 0 bridgehead atoms. The van der Waals surface area contributed by atoms with Crippen molar-refractivity contribution in [1.29, 1.82) is 0 Å². The number of hydrogen-bond donors (Lipinski definition) is 0. The zero-order valence-corrected chi connectivity index (χ0v) is 19.8. The molecule has 0 N–H and O–H groups in total. The van der Waals surface area contributed by atoms with Crippen molar-refractivity contribution in [3.8, 4) is 0 Å². The molecule has 172 valence electrons. The first-order valence-corrected chi connectivity index (χ1v) is 12.6. The molecule has 0 amide bonds. The van der Waals surface area contributed by atoms with E-state index in [0.717, 1.165) is 49.8 Å². The van der Waals surface area contributed by atoms with Crippen LogP contribution in [0.3, 0.4) is 0 Å². The summed E-state index contributed by atoms with van der Waals surface area (Å²) in [5.74, 6) is 3.39. The van der Waals surface area contributed by atoms with E-state index < -0.39 is 0 Å². The van der Waals surface area contributed by atoms with Gasteiger partial charge in [-0.05, 0) is 74.3 Å². The van der Waals surface area contributed by atoms with Crippen molar-refractivity contribution in [2.75, 3.05) is 43.1 Å². The monoisotopic (exact) mass is 442 g/mol. The van der Waals surface area contributed by atoms with Crippen LogP contribution in [0, 0.1) is 6.92 Å². The molecule has 33 heavy (non-hydrogen) atoms. The number of hydrogen-bond acceptors (Lipinski definition) is 5. The van der Waals surface area contributed by atoms with Gasteiger partial charge in [0.1, 0.15) is 11.6 Å².